The van der Waals surface area contributed by atoms with Crippen molar-refractivity contribution in [3.63, 3.8) is 0 Å². The van der Waals surface area contributed by atoms with Gasteiger partial charge < -0.3 is 25.8 Å². The minimum absolute atomic E-state index is 0.0584. The molecule has 0 saturated heterocycles. The molecule has 58 heavy (non-hydrogen) atoms. The summed E-state index contributed by atoms with van der Waals surface area (Å²) in [7, 11) is 0. The smallest absolute Gasteiger partial charge is 0.246 e. The third-order valence-corrected chi connectivity index (χ3v) is 10.7. The largest absolute Gasteiger partial charge is 0.507 e. The second-order valence-corrected chi connectivity index (χ2v) is 15.5. The van der Waals surface area contributed by atoms with E-state index in [0.29, 0.717) is 111 Å². The van der Waals surface area contributed by atoms with Gasteiger partial charge >= 0.3 is 0 Å². The van der Waals surface area contributed by atoms with Crippen molar-refractivity contribution in [3.8, 4) is 11.5 Å². The minimum Gasteiger partial charge on any atom is -0.507 e. The Morgan fingerprint density at radius 1 is 0.603 bits per heavy atom. The van der Waals surface area contributed by atoms with Crippen LogP contribution in [-0.4, -0.2) is 116 Å². The zero-order valence-corrected chi connectivity index (χ0v) is 35.3. The van der Waals surface area contributed by atoms with Crippen LogP contribution in [0.5, 0.6) is 11.5 Å². The number of rotatable bonds is 27. The molecule has 0 fully saturated rings. The lowest BCUT2D eigenvalue weighted by atomic mass is 9.85. The zero-order chi connectivity index (χ0) is 43.3. The lowest BCUT2D eigenvalue weighted by Gasteiger charge is -2.38. The van der Waals surface area contributed by atoms with Crippen LogP contribution >= 0.6 is 0 Å². The fourth-order valence-electron chi connectivity index (χ4n) is 6.59. The lowest BCUT2D eigenvalue weighted by molar-refractivity contribution is -0.166. The summed E-state index contributed by atoms with van der Waals surface area (Å²) in [6, 6.07) is 0. The number of carbonyl (C=O) groups excluding carboxylic acids is 6. The third kappa shape index (κ3) is 18.0. The second kappa shape index (κ2) is 25.8. The SMILES string of the molecule is CC(=O)N(O)CCCCCNC(=O)CCC(=O)N(O)CCCCCNC(=O)CCC(=O)N(O)CCCCCNC(=O)CCC1(C)CCc2c(C)c(O)c(C)c(C)c2O1. The van der Waals surface area contributed by atoms with Crippen molar-refractivity contribution in [1.82, 2.24) is 31.1 Å². The molecule has 0 spiro atoms. The van der Waals surface area contributed by atoms with Gasteiger partial charge in [0.25, 0.3) is 0 Å². The van der Waals surface area contributed by atoms with Crippen molar-refractivity contribution in [3.05, 3.63) is 22.3 Å². The van der Waals surface area contributed by atoms with Crippen LogP contribution in [-0.2, 0) is 35.2 Å². The number of hydroxylamine groups is 6. The molecule has 328 valence electrons. The average Bonchev–Trinajstić information content (AvgIpc) is 3.19. The topological polar surface area (TPSA) is 238 Å². The number of nitrogens with zero attached hydrogens (tertiary/aromatic N) is 3. The summed E-state index contributed by atoms with van der Waals surface area (Å²) in [6.45, 7) is 10.7. The van der Waals surface area contributed by atoms with E-state index < -0.39 is 23.3 Å². The monoisotopic (exact) mass is 820 g/mol. The minimum atomic E-state index is -0.565. The Labute approximate surface area is 342 Å². The normalized spacial score (nSPS) is 14.5. The van der Waals surface area contributed by atoms with E-state index in [1.54, 1.807) is 0 Å². The highest BCUT2D eigenvalue weighted by Crippen LogP contribution is 2.44. The summed E-state index contributed by atoms with van der Waals surface area (Å²) in [5, 5.41) is 50.0. The van der Waals surface area contributed by atoms with Crippen LogP contribution in [0.25, 0.3) is 0 Å². The van der Waals surface area contributed by atoms with Gasteiger partial charge in [-0.25, -0.2) is 15.2 Å². The molecule has 1 aromatic carbocycles. The van der Waals surface area contributed by atoms with Crippen molar-refractivity contribution >= 4 is 35.4 Å². The van der Waals surface area contributed by atoms with E-state index >= 15 is 0 Å². The number of nitrogens with one attached hydrogen (secondary N) is 3. The van der Waals surface area contributed by atoms with E-state index in [1.807, 2.05) is 27.7 Å². The van der Waals surface area contributed by atoms with Crippen molar-refractivity contribution in [2.75, 3.05) is 39.3 Å². The van der Waals surface area contributed by atoms with E-state index in [9.17, 15) is 49.5 Å². The highest BCUT2D eigenvalue weighted by Gasteiger charge is 2.35. The van der Waals surface area contributed by atoms with E-state index in [4.69, 9.17) is 4.74 Å². The first-order valence-corrected chi connectivity index (χ1v) is 20.7. The van der Waals surface area contributed by atoms with Gasteiger partial charge in [-0.15, -0.1) is 0 Å². The summed E-state index contributed by atoms with van der Waals surface area (Å²) >= 11 is 0. The van der Waals surface area contributed by atoms with Gasteiger partial charge in [-0.05, 0) is 121 Å². The maximum atomic E-state index is 12.5. The van der Waals surface area contributed by atoms with Crippen LogP contribution in [0.15, 0.2) is 0 Å². The number of benzene rings is 1. The summed E-state index contributed by atoms with van der Waals surface area (Å²) in [5.74, 6) is -1.10. The number of ether oxygens (including phenoxy) is 1. The molecule has 2 rings (SSSR count). The fraction of sp³-hybridized carbons (Fsp3) is 0.707. The average molecular weight is 821 g/mol. The first-order chi connectivity index (χ1) is 27.5. The Kier molecular flexibility index (Phi) is 22.1. The molecule has 0 saturated carbocycles. The molecular formula is C41H68N6O11. The van der Waals surface area contributed by atoms with Gasteiger partial charge in [-0.1, -0.05) is 0 Å². The molecule has 1 aromatic rings. The molecule has 17 heteroatoms. The van der Waals surface area contributed by atoms with Crippen molar-refractivity contribution in [2.24, 2.45) is 0 Å². The van der Waals surface area contributed by atoms with Gasteiger partial charge in [0.1, 0.15) is 17.1 Å². The number of hydrogen-bond donors (Lipinski definition) is 7. The molecule has 6 amide bonds. The maximum Gasteiger partial charge on any atom is 0.246 e. The van der Waals surface area contributed by atoms with E-state index in [1.165, 1.54) is 6.92 Å². The number of amides is 6. The molecular weight excluding hydrogens is 752 g/mol. The van der Waals surface area contributed by atoms with Crippen LogP contribution in [0.2, 0.25) is 0 Å². The Bertz CT molecular complexity index is 1540. The van der Waals surface area contributed by atoms with Crippen molar-refractivity contribution in [1.29, 1.82) is 0 Å². The molecule has 0 aromatic heterocycles. The molecule has 17 nitrogen and oxygen atoms in total. The zero-order valence-electron chi connectivity index (χ0n) is 35.3. The number of carbonyl (C=O) groups is 6. The van der Waals surface area contributed by atoms with Crippen LogP contribution < -0.4 is 20.7 Å². The van der Waals surface area contributed by atoms with Gasteiger partial charge in [0, 0.05) is 83.9 Å². The van der Waals surface area contributed by atoms with Gasteiger partial charge in [0.05, 0.1) is 0 Å². The molecule has 7 N–H and O–H groups in total. The van der Waals surface area contributed by atoms with E-state index in [-0.39, 0.29) is 63.0 Å². The van der Waals surface area contributed by atoms with Crippen LogP contribution in [0.1, 0.15) is 139 Å². The van der Waals surface area contributed by atoms with E-state index in [2.05, 4.69) is 16.0 Å². The maximum absolute atomic E-state index is 12.5. The summed E-state index contributed by atoms with van der Waals surface area (Å²) < 4.78 is 6.42. The first kappa shape index (κ1) is 49.7. The number of phenolic OH excluding ortho intramolecular Hbond substituents is 1. The van der Waals surface area contributed by atoms with Gasteiger partial charge in [0.2, 0.25) is 35.4 Å². The Balaban J connectivity index is 1.45. The van der Waals surface area contributed by atoms with Gasteiger partial charge in [-0.3, -0.25) is 44.4 Å². The standard InChI is InChI=1S/C41H68N6O11/c1-29-30(2)40-33(31(3)39(29)54)19-21-41(5,58-40)22-20-36(51)44-25-11-8-14-28-47(57)38(53)18-16-35(50)43-24-10-7-13-27-46(56)37(52)17-15-34(49)42-23-9-6-12-26-45(55)32(4)48/h54-57H,6-28H2,1-5H3,(H,42,49)(H,43,50)(H,44,51). The summed E-state index contributed by atoms with van der Waals surface area (Å²) in [4.78, 5) is 72.0. The molecule has 1 aliphatic heterocycles. The number of hydrogen-bond acceptors (Lipinski definition) is 11. The van der Waals surface area contributed by atoms with Gasteiger partial charge in [0.15, 0.2) is 0 Å². The number of fused-ring (bicyclic) bond motifs is 1. The lowest BCUT2D eigenvalue weighted by Crippen LogP contribution is -2.38. The molecule has 0 bridgehead atoms. The number of aromatic hydroxyl groups is 1. The van der Waals surface area contributed by atoms with Gasteiger partial charge in [-0.2, -0.15) is 0 Å². The fourth-order valence-corrected chi connectivity index (χ4v) is 6.59. The molecule has 0 aliphatic carbocycles. The molecule has 0 radical (unpaired) electrons. The number of phenols is 1. The Morgan fingerprint density at radius 3 is 1.48 bits per heavy atom. The predicted molar refractivity (Wildman–Crippen MR) is 214 cm³/mol. The van der Waals surface area contributed by atoms with E-state index in [0.717, 1.165) is 40.8 Å². The van der Waals surface area contributed by atoms with Crippen LogP contribution in [0.4, 0.5) is 0 Å². The molecule has 1 aliphatic rings. The summed E-state index contributed by atoms with van der Waals surface area (Å²) in [6.07, 6.45) is 7.58. The Hall–Kier alpha value is -4.48. The molecule has 1 heterocycles. The third-order valence-electron chi connectivity index (χ3n) is 10.7. The highest BCUT2D eigenvalue weighted by molar-refractivity contribution is 5.84. The predicted octanol–water partition coefficient (Wildman–Crippen LogP) is 4.27. The van der Waals surface area contributed by atoms with Crippen LogP contribution in [0.3, 0.4) is 0 Å². The second-order valence-electron chi connectivity index (χ2n) is 15.5. The first-order valence-electron chi connectivity index (χ1n) is 20.7. The van der Waals surface area contributed by atoms with Crippen LogP contribution in [0, 0.1) is 20.8 Å². The van der Waals surface area contributed by atoms with Crippen molar-refractivity contribution in [2.45, 2.75) is 149 Å². The van der Waals surface area contributed by atoms with Crippen molar-refractivity contribution < 1.29 is 54.2 Å². The number of unbranched alkanes of at least 4 members (excludes halogenated alkanes) is 6. The Morgan fingerprint density at radius 2 is 1.03 bits per heavy atom. The molecule has 1 atom stereocenters. The quantitative estimate of drug-likeness (QED) is 0.0376. The molecule has 1 unspecified atom stereocenters. The highest BCUT2D eigenvalue weighted by atomic mass is 16.5. The summed E-state index contributed by atoms with van der Waals surface area (Å²) in [5.41, 5.74) is 3.15.